The molecule has 0 atom stereocenters. The van der Waals surface area contributed by atoms with Crippen LogP contribution in [0.3, 0.4) is 0 Å². The van der Waals surface area contributed by atoms with E-state index in [9.17, 15) is 0 Å². The lowest BCUT2D eigenvalue weighted by Crippen LogP contribution is -2.18. The highest BCUT2D eigenvalue weighted by Gasteiger charge is 2.28. The molecule has 1 fully saturated rings. The summed E-state index contributed by atoms with van der Waals surface area (Å²) in [6.45, 7) is 3.95. The van der Waals surface area contributed by atoms with Gasteiger partial charge in [0.05, 0.1) is 0 Å². The maximum Gasteiger partial charge on any atom is 0.205 e. The normalized spacial score (nSPS) is 28.4. The van der Waals surface area contributed by atoms with E-state index in [1.54, 1.807) is 13.8 Å². The average molecular weight is 130 g/mol. The maximum absolute atomic E-state index is 8.43. The van der Waals surface area contributed by atoms with Crippen molar-refractivity contribution in [1.29, 1.82) is 0 Å². The summed E-state index contributed by atoms with van der Waals surface area (Å²) in [4.78, 5) is 0. The largest absolute Gasteiger partial charge is 0.512 e. The second kappa shape index (κ2) is 1.92. The molecule has 1 aliphatic rings. The Morgan fingerprint density at radius 2 is 2.33 bits per heavy atom. The summed E-state index contributed by atoms with van der Waals surface area (Å²) in [6, 6.07) is 0. The molecule has 1 rings (SSSR count). The van der Waals surface area contributed by atoms with E-state index in [0.717, 1.165) is 6.26 Å². The summed E-state index contributed by atoms with van der Waals surface area (Å²) in [5.41, 5.74) is 0. The van der Waals surface area contributed by atoms with Gasteiger partial charge in [0.2, 0.25) is 5.79 Å². The number of aliphatic hydroxyl groups is 1. The zero-order valence-corrected chi connectivity index (χ0v) is 5.55. The van der Waals surface area contributed by atoms with Crippen LogP contribution in [0.5, 0.6) is 0 Å². The quantitative estimate of drug-likeness (QED) is 0.500. The van der Waals surface area contributed by atoms with Gasteiger partial charge in [-0.2, -0.15) is 0 Å². The van der Waals surface area contributed by atoms with Crippen molar-refractivity contribution in [3.8, 4) is 0 Å². The molecule has 0 saturated carbocycles. The molecule has 1 heterocycles. The van der Waals surface area contributed by atoms with Crippen LogP contribution in [0.2, 0.25) is 0 Å². The second-order valence-corrected chi connectivity index (χ2v) is 2.39. The third-order valence-corrected chi connectivity index (χ3v) is 1.08. The van der Waals surface area contributed by atoms with E-state index in [0.29, 0.717) is 12.4 Å². The van der Waals surface area contributed by atoms with Gasteiger partial charge in [-0.15, -0.1) is 0 Å². The SMILES string of the molecule is CC1(C)OCC(=CO)O1. The van der Waals surface area contributed by atoms with Gasteiger partial charge in [0.15, 0.2) is 5.76 Å². The molecule has 52 valence electrons. The van der Waals surface area contributed by atoms with Gasteiger partial charge >= 0.3 is 0 Å². The molecule has 0 aromatic rings. The average Bonchev–Trinajstić information content (AvgIpc) is 2.10. The molecule has 0 aliphatic carbocycles. The minimum Gasteiger partial charge on any atom is -0.512 e. The van der Waals surface area contributed by atoms with Gasteiger partial charge in [-0.05, 0) is 0 Å². The number of ether oxygens (including phenoxy) is 2. The first-order valence-corrected chi connectivity index (χ1v) is 2.80. The Morgan fingerprint density at radius 3 is 2.56 bits per heavy atom. The molecule has 0 aromatic heterocycles. The van der Waals surface area contributed by atoms with Crippen molar-refractivity contribution in [2.24, 2.45) is 0 Å². The predicted molar refractivity (Wildman–Crippen MR) is 31.8 cm³/mol. The first kappa shape index (κ1) is 6.42. The first-order valence-electron chi connectivity index (χ1n) is 2.80. The molecule has 1 N–H and O–H groups in total. The van der Waals surface area contributed by atoms with E-state index < -0.39 is 5.79 Å². The van der Waals surface area contributed by atoms with Crippen LogP contribution in [-0.2, 0) is 9.47 Å². The number of hydrogen-bond donors (Lipinski definition) is 1. The predicted octanol–water partition coefficient (Wildman–Crippen LogP) is 1.17. The van der Waals surface area contributed by atoms with E-state index in [-0.39, 0.29) is 0 Å². The Bertz CT molecular complexity index is 137. The molecule has 0 amide bonds. The molecule has 1 saturated heterocycles. The molecule has 0 unspecified atom stereocenters. The smallest absolute Gasteiger partial charge is 0.205 e. The standard InChI is InChI=1S/C6H10O3/c1-6(2)8-4-5(3-7)9-6/h3,7H,4H2,1-2H3. The molecule has 0 aromatic carbocycles. The van der Waals surface area contributed by atoms with Crippen LogP contribution in [0.25, 0.3) is 0 Å². The van der Waals surface area contributed by atoms with Crippen LogP contribution < -0.4 is 0 Å². The highest BCUT2D eigenvalue weighted by molar-refractivity contribution is 4.93. The second-order valence-electron chi connectivity index (χ2n) is 2.39. The molecule has 0 radical (unpaired) electrons. The lowest BCUT2D eigenvalue weighted by Gasteiger charge is -2.14. The van der Waals surface area contributed by atoms with Gasteiger partial charge in [0.1, 0.15) is 12.9 Å². The molecule has 3 heteroatoms. The Hall–Kier alpha value is -0.700. The molecular formula is C6H10O3. The Kier molecular flexibility index (Phi) is 1.37. The van der Waals surface area contributed by atoms with Crippen molar-refractivity contribution >= 4 is 0 Å². The molecule has 1 aliphatic heterocycles. The summed E-state index contributed by atoms with van der Waals surface area (Å²) in [5, 5.41) is 8.43. The van der Waals surface area contributed by atoms with Crippen molar-refractivity contribution in [1.82, 2.24) is 0 Å². The van der Waals surface area contributed by atoms with E-state index in [1.807, 2.05) is 0 Å². The van der Waals surface area contributed by atoms with Crippen molar-refractivity contribution in [2.75, 3.05) is 6.61 Å². The molecule has 0 bridgehead atoms. The van der Waals surface area contributed by atoms with Crippen molar-refractivity contribution in [3.63, 3.8) is 0 Å². The highest BCUT2D eigenvalue weighted by atomic mass is 16.7. The molecule has 3 nitrogen and oxygen atoms in total. The van der Waals surface area contributed by atoms with Gasteiger partial charge in [0, 0.05) is 13.8 Å². The summed E-state index contributed by atoms with van der Waals surface area (Å²) in [6.07, 6.45) is 0.925. The van der Waals surface area contributed by atoms with Crippen LogP contribution in [0.1, 0.15) is 13.8 Å². The number of hydrogen-bond acceptors (Lipinski definition) is 3. The molecule has 9 heavy (non-hydrogen) atoms. The van der Waals surface area contributed by atoms with Crippen LogP contribution in [-0.4, -0.2) is 17.5 Å². The minimum absolute atomic E-state index is 0.365. The van der Waals surface area contributed by atoms with Crippen LogP contribution in [0.15, 0.2) is 12.0 Å². The fourth-order valence-electron chi connectivity index (χ4n) is 0.683. The lowest BCUT2D eigenvalue weighted by atomic mass is 10.4. The highest BCUT2D eigenvalue weighted by Crippen LogP contribution is 2.23. The lowest BCUT2D eigenvalue weighted by molar-refractivity contribution is -0.117. The fraction of sp³-hybridized carbons (Fsp3) is 0.667. The third kappa shape index (κ3) is 1.36. The van der Waals surface area contributed by atoms with Crippen molar-refractivity contribution in [3.05, 3.63) is 12.0 Å². The van der Waals surface area contributed by atoms with Gasteiger partial charge in [-0.1, -0.05) is 0 Å². The third-order valence-electron chi connectivity index (χ3n) is 1.08. The van der Waals surface area contributed by atoms with Gasteiger partial charge in [-0.3, -0.25) is 0 Å². The maximum atomic E-state index is 8.43. The monoisotopic (exact) mass is 130 g/mol. The minimum atomic E-state index is -0.561. The first-order chi connectivity index (χ1) is 4.14. The Labute approximate surface area is 53.9 Å². The number of aliphatic hydroxyl groups excluding tert-OH is 1. The summed E-state index contributed by atoms with van der Waals surface area (Å²) >= 11 is 0. The molecule has 0 spiro atoms. The Balaban J connectivity index is 2.57. The van der Waals surface area contributed by atoms with Crippen molar-refractivity contribution < 1.29 is 14.6 Å². The topological polar surface area (TPSA) is 38.7 Å². The van der Waals surface area contributed by atoms with E-state index in [1.165, 1.54) is 0 Å². The van der Waals surface area contributed by atoms with Crippen LogP contribution >= 0.6 is 0 Å². The van der Waals surface area contributed by atoms with Gasteiger partial charge < -0.3 is 14.6 Å². The summed E-state index contributed by atoms with van der Waals surface area (Å²) < 4.78 is 10.2. The zero-order valence-electron chi connectivity index (χ0n) is 5.55. The van der Waals surface area contributed by atoms with Gasteiger partial charge in [0.25, 0.3) is 0 Å². The van der Waals surface area contributed by atoms with E-state index in [2.05, 4.69) is 0 Å². The molecular weight excluding hydrogens is 120 g/mol. The zero-order chi connectivity index (χ0) is 6.91. The van der Waals surface area contributed by atoms with Crippen molar-refractivity contribution in [2.45, 2.75) is 19.6 Å². The Morgan fingerprint density at radius 1 is 1.67 bits per heavy atom. The van der Waals surface area contributed by atoms with Crippen LogP contribution in [0, 0.1) is 0 Å². The fourth-order valence-corrected chi connectivity index (χ4v) is 0.683. The van der Waals surface area contributed by atoms with E-state index >= 15 is 0 Å². The summed E-state index contributed by atoms with van der Waals surface area (Å²) in [7, 11) is 0. The van der Waals surface area contributed by atoms with Gasteiger partial charge in [-0.25, -0.2) is 0 Å². The number of rotatable bonds is 0. The van der Waals surface area contributed by atoms with Crippen LogP contribution in [0.4, 0.5) is 0 Å². The summed E-state index contributed by atoms with van der Waals surface area (Å²) in [5.74, 6) is -0.0748. The van der Waals surface area contributed by atoms with E-state index in [4.69, 9.17) is 14.6 Å².